The number of hydrogen-bond acceptors (Lipinski definition) is 0. The molecule has 3 heteroatoms. The number of hydrogen-bond donors (Lipinski definition) is 0. The maximum atomic E-state index is 5.10. The molecule has 0 rings (SSSR count). The first-order valence-corrected chi connectivity index (χ1v) is 1.98. The van der Waals surface area contributed by atoms with E-state index >= 15 is 0 Å². The van der Waals surface area contributed by atoms with Crippen LogP contribution < -0.4 is 0 Å². The highest BCUT2D eigenvalue weighted by Crippen LogP contribution is 1.98. The summed E-state index contributed by atoms with van der Waals surface area (Å²) in [5.41, 5.74) is -0.227. The fraction of sp³-hybridized carbons (Fsp3) is 1.00. The molecule has 26 valence electrons. The molecule has 0 spiro atoms. The van der Waals surface area contributed by atoms with Crippen molar-refractivity contribution in [3.8, 4) is 0 Å². The van der Waals surface area contributed by atoms with Crippen LogP contribution in [0.5, 0.6) is 0 Å². The summed E-state index contributed by atoms with van der Waals surface area (Å²) < 4.78 is 0. The van der Waals surface area contributed by atoms with E-state index in [9.17, 15) is 0 Å². The summed E-state index contributed by atoms with van der Waals surface area (Å²) in [7, 11) is 15.3. The third-order valence-corrected chi connectivity index (χ3v) is 0.500. The van der Waals surface area contributed by atoms with Crippen LogP contribution in [0.2, 0.25) is 12.0 Å². The summed E-state index contributed by atoms with van der Waals surface area (Å²) >= 11 is 0. The van der Waals surface area contributed by atoms with Gasteiger partial charge in [0.05, 0.1) is 23.5 Å². The average Bonchev–Trinajstić information content (AvgIpc) is 1.35. The van der Waals surface area contributed by atoms with Crippen LogP contribution in [0.1, 0.15) is 6.42 Å². The third kappa shape index (κ3) is 4.19. The summed E-state index contributed by atoms with van der Waals surface area (Å²) in [6.45, 7) is 0. The monoisotopic (exact) mass is 74.1 g/mol. The van der Waals surface area contributed by atoms with Crippen LogP contribution in [0.4, 0.5) is 0 Å². The molecule has 0 saturated carbocycles. The zero-order valence-corrected chi connectivity index (χ0v) is 3.72. The Kier molecular flexibility index (Phi) is 3.50. The molecule has 0 aromatic carbocycles. The predicted octanol–water partition coefficient (Wildman–Crippen LogP) is 0.0463. The summed E-state index contributed by atoms with van der Waals surface area (Å²) in [6, 6.07) is 0. The maximum Gasteiger partial charge on any atom is 0.0652 e. The van der Waals surface area contributed by atoms with Crippen molar-refractivity contribution in [1.82, 2.24) is 0 Å². The molecule has 0 atom stereocenters. The molecule has 0 aliphatic heterocycles. The van der Waals surface area contributed by atoms with E-state index in [1.807, 2.05) is 0 Å². The fourth-order valence-corrected chi connectivity index (χ4v) is 0.192. The van der Waals surface area contributed by atoms with Crippen LogP contribution in [0, 0.1) is 0 Å². The van der Waals surface area contributed by atoms with Gasteiger partial charge < -0.3 is 0 Å². The lowest BCUT2D eigenvalue weighted by Gasteiger charge is -1.96. The Hall–Kier alpha value is 0.195. The molecule has 0 aliphatic carbocycles. The van der Waals surface area contributed by atoms with E-state index in [0.29, 0.717) is 12.7 Å². The van der Waals surface area contributed by atoms with Gasteiger partial charge in [0.2, 0.25) is 0 Å². The van der Waals surface area contributed by atoms with Gasteiger partial charge in [-0.3, -0.25) is 0 Å². The summed E-state index contributed by atoms with van der Waals surface area (Å²) in [5, 5.41) is 0. The van der Waals surface area contributed by atoms with Gasteiger partial charge in [-0.25, -0.2) is 0 Å². The Morgan fingerprint density at radius 3 is 1.83 bits per heavy atom. The molecule has 0 unspecified atom stereocenters. The van der Waals surface area contributed by atoms with Gasteiger partial charge in [-0.05, 0) is 0 Å². The highest BCUT2D eigenvalue weighted by molar-refractivity contribution is 6.35. The molecule has 0 saturated heterocycles. The minimum Gasteiger partial charge on any atom is -0.110 e. The number of rotatable bonds is 2. The zero-order chi connectivity index (χ0) is 4.99. The largest absolute Gasteiger partial charge is 0.110 e. The Labute approximate surface area is 42.9 Å². The SMILES string of the molecule is [B]CCC([B])[B]. The Morgan fingerprint density at radius 2 is 1.83 bits per heavy atom. The Bertz CT molecular complexity index is 27.2. The minimum absolute atomic E-state index is 0.227. The molecule has 0 fully saturated rings. The first-order chi connectivity index (χ1) is 2.77. The molecule has 0 heterocycles. The van der Waals surface area contributed by atoms with E-state index in [0.717, 1.165) is 0 Å². The van der Waals surface area contributed by atoms with Gasteiger partial charge in [-0.15, -0.1) is 5.72 Å². The van der Waals surface area contributed by atoms with Crippen molar-refractivity contribution >= 4 is 23.5 Å². The standard InChI is InChI=1S/C3H5B3/c4-2-1-3(5)6/h3H,1-2H2. The minimum atomic E-state index is -0.227. The van der Waals surface area contributed by atoms with Gasteiger partial charge in [0.15, 0.2) is 0 Å². The van der Waals surface area contributed by atoms with E-state index in [1.165, 1.54) is 0 Å². The van der Waals surface area contributed by atoms with Crippen LogP contribution in [0.3, 0.4) is 0 Å². The van der Waals surface area contributed by atoms with Crippen molar-refractivity contribution in [3.63, 3.8) is 0 Å². The van der Waals surface area contributed by atoms with E-state index in [2.05, 4.69) is 0 Å². The molecule has 0 aromatic heterocycles. The molecular formula is C3H5B3. The molecule has 6 heavy (non-hydrogen) atoms. The lowest BCUT2D eigenvalue weighted by molar-refractivity contribution is 1.02. The van der Waals surface area contributed by atoms with Crippen molar-refractivity contribution in [2.45, 2.75) is 18.5 Å². The summed E-state index contributed by atoms with van der Waals surface area (Å²) in [4.78, 5) is 0. The molecular weight excluding hydrogens is 68.5 g/mol. The zero-order valence-electron chi connectivity index (χ0n) is 3.72. The lowest BCUT2D eigenvalue weighted by Crippen LogP contribution is -1.88. The van der Waals surface area contributed by atoms with E-state index in [4.69, 9.17) is 23.5 Å². The van der Waals surface area contributed by atoms with Crippen LogP contribution in [0.25, 0.3) is 0 Å². The van der Waals surface area contributed by atoms with E-state index in [1.54, 1.807) is 0 Å². The highest BCUT2D eigenvalue weighted by atomic mass is 13.7. The van der Waals surface area contributed by atoms with Gasteiger partial charge in [-0.2, -0.15) is 0 Å². The van der Waals surface area contributed by atoms with Gasteiger partial charge in [0.25, 0.3) is 0 Å². The van der Waals surface area contributed by atoms with Gasteiger partial charge in [0.1, 0.15) is 0 Å². The molecule has 0 N–H and O–H groups in total. The van der Waals surface area contributed by atoms with Crippen LogP contribution in [0.15, 0.2) is 0 Å². The van der Waals surface area contributed by atoms with Crippen molar-refractivity contribution in [2.75, 3.05) is 0 Å². The maximum absolute atomic E-state index is 5.10. The first kappa shape index (κ1) is 6.19. The average molecular weight is 73.5 g/mol. The highest BCUT2D eigenvalue weighted by Gasteiger charge is 1.85. The van der Waals surface area contributed by atoms with Crippen LogP contribution in [-0.4, -0.2) is 23.5 Å². The molecule has 0 bridgehead atoms. The van der Waals surface area contributed by atoms with Crippen molar-refractivity contribution in [2.24, 2.45) is 0 Å². The third-order valence-electron chi connectivity index (χ3n) is 0.500. The molecule has 0 aromatic rings. The second-order valence-corrected chi connectivity index (χ2v) is 1.24. The van der Waals surface area contributed by atoms with E-state index < -0.39 is 0 Å². The van der Waals surface area contributed by atoms with Crippen molar-refractivity contribution < 1.29 is 0 Å². The smallest absolute Gasteiger partial charge is 0.0652 e. The first-order valence-electron chi connectivity index (χ1n) is 1.98. The fourth-order valence-electron chi connectivity index (χ4n) is 0.192. The molecule has 0 aliphatic rings. The Morgan fingerprint density at radius 1 is 1.33 bits per heavy atom. The van der Waals surface area contributed by atoms with Gasteiger partial charge in [0, 0.05) is 0 Å². The molecule has 0 nitrogen and oxygen atoms in total. The molecule has 6 radical (unpaired) electrons. The van der Waals surface area contributed by atoms with Gasteiger partial charge in [-0.1, -0.05) is 12.7 Å². The summed E-state index contributed by atoms with van der Waals surface area (Å²) in [6.07, 6.45) is 1.29. The topological polar surface area (TPSA) is 0 Å². The molecule has 0 amide bonds. The normalized spacial score (nSPS) is 9.50. The van der Waals surface area contributed by atoms with Crippen molar-refractivity contribution in [3.05, 3.63) is 0 Å². The Balaban J connectivity index is 2.63. The lowest BCUT2D eigenvalue weighted by atomic mass is 9.67. The summed E-state index contributed by atoms with van der Waals surface area (Å²) in [5.74, 6) is 0. The van der Waals surface area contributed by atoms with E-state index in [-0.39, 0.29) is 5.72 Å². The second-order valence-electron chi connectivity index (χ2n) is 1.24. The quantitative estimate of drug-likeness (QED) is 0.405. The van der Waals surface area contributed by atoms with Crippen LogP contribution >= 0.6 is 0 Å². The van der Waals surface area contributed by atoms with Crippen molar-refractivity contribution in [1.29, 1.82) is 0 Å². The second kappa shape index (κ2) is 3.39. The van der Waals surface area contributed by atoms with Gasteiger partial charge >= 0.3 is 0 Å². The predicted molar refractivity (Wildman–Crippen MR) is 30.4 cm³/mol. The van der Waals surface area contributed by atoms with Crippen LogP contribution in [-0.2, 0) is 0 Å².